The van der Waals surface area contributed by atoms with E-state index in [9.17, 15) is 0 Å². The van der Waals surface area contributed by atoms with Crippen LogP contribution in [0.4, 0.5) is 5.69 Å². The normalized spacial score (nSPS) is 10.3. The quantitative estimate of drug-likeness (QED) is 0.846. The van der Waals surface area contributed by atoms with Crippen LogP contribution in [-0.4, -0.2) is 15.0 Å². The van der Waals surface area contributed by atoms with Crippen LogP contribution in [0, 0.1) is 20.8 Å². The summed E-state index contributed by atoms with van der Waals surface area (Å²) >= 11 is 5.12. The number of nitrogens with one attached hydrogen (secondary N) is 1. The maximum atomic E-state index is 5.80. The van der Waals surface area contributed by atoms with Gasteiger partial charge in [0.1, 0.15) is 4.99 Å². The molecule has 0 atom stereocenters. The van der Waals surface area contributed by atoms with Gasteiger partial charge in [0, 0.05) is 23.3 Å². The van der Waals surface area contributed by atoms with Crippen molar-refractivity contribution >= 4 is 22.9 Å². The molecule has 3 N–H and O–H groups in total. The molecular weight excluding hydrogens is 268 g/mol. The van der Waals surface area contributed by atoms with Crippen LogP contribution in [0.3, 0.4) is 0 Å². The summed E-state index contributed by atoms with van der Waals surface area (Å²) in [6.07, 6.45) is 1.79. The molecule has 0 radical (unpaired) electrons. The lowest BCUT2D eigenvalue weighted by Crippen LogP contribution is -2.16. The molecule has 2 aromatic rings. The van der Waals surface area contributed by atoms with E-state index in [0.29, 0.717) is 11.5 Å². The molecule has 4 nitrogen and oxygen atoms in total. The van der Waals surface area contributed by atoms with Crippen molar-refractivity contribution in [3.63, 3.8) is 0 Å². The third-order valence-electron chi connectivity index (χ3n) is 3.14. The van der Waals surface area contributed by atoms with Gasteiger partial charge in [-0.2, -0.15) is 0 Å². The van der Waals surface area contributed by atoms with Gasteiger partial charge in [0.25, 0.3) is 0 Å². The van der Waals surface area contributed by atoms with Gasteiger partial charge in [-0.1, -0.05) is 18.3 Å². The van der Waals surface area contributed by atoms with Gasteiger partial charge in [0.05, 0.1) is 17.8 Å². The molecule has 0 aliphatic heterocycles. The van der Waals surface area contributed by atoms with E-state index in [4.69, 9.17) is 18.0 Å². The number of nitrogens with two attached hydrogens (primary N) is 1. The lowest BCUT2D eigenvalue weighted by molar-refractivity contribution is 1.01. The van der Waals surface area contributed by atoms with Gasteiger partial charge in [-0.15, -0.1) is 0 Å². The number of hydrogen-bond acceptors (Lipinski definition) is 4. The van der Waals surface area contributed by atoms with Crippen molar-refractivity contribution in [3.8, 4) is 0 Å². The zero-order valence-electron chi connectivity index (χ0n) is 11.9. The summed E-state index contributed by atoms with van der Waals surface area (Å²) in [5.41, 5.74) is 11.5. The number of aromatic nitrogens is 2. The first-order valence-electron chi connectivity index (χ1n) is 6.41. The molecule has 2 heterocycles. The van der Waals surface area contributed by atoms with Crippen LogP contribution in [0.2, 0.25) is 0 Å². The average Bonchev–Trinajstić information content (AvgIpc) is 2.36. The van der Waals surface area contributed by atoms with Gasteiger partial charge in [-0.25, -0.2) is 0 Å². The van der Waals surface area contributed by atoms with E-state index in [1.54, 1.807) is 6.20 Å². The first kappa shape index (κ1) is 14.4. The highest BCUT2D eigenvalue weighted by Crippen LogP contribution is 2.20. The predicted octanol–water partition coefficient (Wildman–Crippen LogP) is 2.65. The van der Waals surface area contributed by atoms with Crippen molar-refractivity contribution in [1.82, 2.24) is 9.97 Å². The summed E-state index contributed by atoms with van der Waals surface area (Å²) in [5.74, 6) is 0. The lowest BCUT2D eigenvalue weighted by atomic mass is 10.1. The van der Waals surface area contributed by atoms with Crippen molar-refractivity contribution in [2.24, 2.45) is 5.73 Å². The van der Waals surface area contributed by atoms with Gasteiger partial charge in [0.2, 0.25) is 0 Å². The molecule has 0 saturated heterocycles. The Morgan fingerprint density at radius 1 is 1.35 bits per heavy atom. The van der Waals surface area contributed by atoms with E-state index in [1.165, 1.54) is 0 Å². The average molecular weight is 286 g/mol. The molecule has 2 rings (SSSR count). The molecule has 0 aromatic carbocycles. The molecule has 2 aromatic heterocycles. The third kappa shape index (κ3) is 3.11. The topological polar surface area (TPSA) is 63.8 Å². The van der Waals surface area contributed by atoms with Crippen molar-refractivity contribution in [1.29, 1.82) is 0 Å². The van der Waals surface area contributed by atoms with Gasteiger partial charge < -0.3 is 11.1 Å². The van der Waals surface area contributed by atoms with Crippen LogP contribution in [0.25, 0.3) is 0 Å². The van der Waals surface area contributed by atoms with E-state index in [-0.39, 0.29) is 0 Å². The predicted molar refractivity (Wildman–Crippen MR) is 85.9 cm³/mol. The van der Waals surface area contributed by atoms with Gasteiger partial charge in [-0.05, 0) is 38.5 Å². The monoisotopic (exact) mass is 286 g/mol. The van der Waals surface area contributed by atoms with Crippen LogP contribution in [0.1, 0.15) is 28.2 Å². The highest BCUT2D eigenvalue weighted by molar-refractivity contribution is 7.80. The molecule has 0 fully saturated rings. The zero-order valence-corrected chi connectivity index (χ0v) is 12.7. The summed E-state index contributed by atoms with van der Waals surface area (Å²) in [5, 5.41) is 3.36. The number of nitrogens with zero attached hydrogens (tertiary/aromatic N) is 2. The Morgan fingerprint density at radius 2 is 2.10 bits per heavy atom. The van der Waals surface area contributed by atoms with Gasteiger partial charge in [-0.3, -0.25) is 9.97 Å². The van der Waals surface area contributed by atoms with Gasteiger partial charge in [0.15, 0.2) is 0 Å². The molecule has 0 spiro atoms. The first-order valence-corrected chi connectivity index (χ1v) is 6.82. The van der Waals surface area contributed by atoms with Crippen molar-refractivity contribution in [2.75, 3.05) is 5.32 Å². The summed E-state index contributed by atoms with van der Waals surface area (Å²) in [6.45, 7) is 6.54. The van der Waals surface area contributed by atoms with Gasteiger partial charge >= 0.3 is 0 Å². The van der Waals surface area contributed by atoms with Crippen molar-refractivity contribution in [3.05, 3.63) is 52.6 Å². The Labute approximate surface area is 124 Å². The minimum absolute atomic E-state index is 0.357. The summed E-state index contributed by atoms with van der Waals surface area (Å²) in [4.78, 5) is 9.13. The molecule has 104 valence electrons. The maximum absolute atomic E-state index is 5.80. The molecule has 0 unspecified atom stereocenters. The highest BCUT2D eigenvalue weighted by Gasteiger charge is 2.11. The molecule has 0 aliphatic carbocycles. The summed E-state index contributed by atoms with van der Waals surface area (Å²) in [7, 11) is 0. The second kappa shape index (κ2) is 5.96. The van der Waals surface area contributed by atoms with E-state index in [2.05, 4.69) is 15.3 Å². The highest BCUT2D eigenvalue weighted by atomic mass is 32.1. The smallest absolute Gasteiger partial charge is 0.107 e. The van der Waals surface area contributed by atoms with Crippen LogP contribution in [-0.2, 0) is 6.54 Å². The second-order valence-corrected chi connectivity index (χ2v) is 5.20. The summed E-state index contributed by atoms with van der Waals surface area (Å²) < 4.78 is 0. The number of anilines is 1. The van der Waals surface area contributed by atoms with E-state index in [0.717, 1.165) is 33.9 Å². The summed E-state index contributed by atoms with van der Waals surface area (Å²) in [6, 6.07) is 5.93. The number of pyridine rings is 2. The van der Waals surface area contributed by atoms with E-state index in [1.807, 2.05) is 39.0 Å². The van der Waals surface area contributed by atoms with Crippen LogP contribution < -0.4 is 11.1 Å². The van der Waals surface area contributed by atoms with Crippen LogP contribution in [0.15, 0.2) is 24.4 Å². The minimum Gasteiger partial charge on any atom is -0.389 e. The Hall–Kier alpha value is -2.01. The number of thiocarbonyl (C=S) groups is 1. The number of hydrogen-bond donors (Lipinski definition) is 2. The Bertz CT molecular complexity index is 652. The molecule has 5 heteroatoms. The molecule has 0 aliphatic rings. The molecule has 0 bridgehead atoms. The van der Waals surface area contributed by atoms with Crippen molar-refractivity contribution < 1.29 is 0 Å². The van der Waals surface area contributed by atoms with E-state index < -0.39 is 0 Å². The van der Waals surface area contributed by atoms with E-state index >= 15 is 0 Å². The maximum Gasteiger partial charge on any atom is 0.107 e. The fourth-order valence-electron chi connectivity index (χ4n) is 2.16. The fraction of sp³-hybridized carbons (Fsp3) is 0.267. The van der Waals surface area contributed by atoms with Crippen LogP contribution >= 0.6 is 12.2 Å². The zero-order chi connectivity index (χ0) is 14.7. The first-order chi connectivity index (χ1) is 9.49. The lowest BCUT2D eigenvalue weighted by Gasteiger charge is -2.14. The third-order valence-corrected chi connectivity index (χ3v) is 3.34. The molecule has 20 heavy (non-hydrogen) atoms. The van der Waals surface area contributed by atoms with Crippen LogP contribution in [0.5, 0.6) is 0 Å². The fourth-order valence-corrected chi connectivity index (χ4v) is 2.42. The largest absolute Gasteiger partial charge is 0.389 e. The molecular formula is C15H18N4S. The minimum atomic E-state index is 0.357. The second-order valence-electron chi connectivity index (χ2n) is 4.76. The number of rotatable bonds is 4. The SMILES string of the molecule is Cc1cc(NCc2ncccc2C)c(C(N)=S)c(C)n1. The Balaban J connectivity index is 2.30. The molecule has 0 saturated carbocycles. The Kier molecular flexibility index (Phi) is 4.29. The van der Waals surface area contributed by atoms with Crippen molar-refractivity contribution in [2.45, 2.75) is 27.3 Å². The number of aryl methyl sites for hydroxylation is 3. The standard InChI is InChI=1S/C15H18N4S/c1-9-5-4-6-17-13(9)8-18-12-7-10(2)19-11(3)14(12)15(16)20/h4-7H,8H2,1-3H3,(H2,16,20)(H,18,19). The Morgan fingerprint density at radius 3 is 2.75 bits per heavy atom. The molecule has 0 amide bonds.